The summed E-state index contributed by atoms with van der Waals surface area (Å²) in [6, 6.07) is 17.0. The highest BCUT2D eigenvalue weighted by molar-refractivity contribution is 5.95. The van der Waals surface area contributed by atoms with Crippen LogP contribution in [0.3, 0.4) is 0 Å². The molecule has 2 amide bonds. The van der Waals surface area contributed by atoms with Crippen LogP contribution in [0.1, 0.15) is 55.6 Å². The van der Waals surface area contributed by atoms with Crippen molar-refractivity contribution in [2.45, 2.75) is 56.5 Å². The molecule has 7 heteroatoms. The van der Waals surface area contributed by atoms with E-state index in [1.807, 2.05) is 17.0 Å². The number of anilines is 1. The number of carbonyl (C=O) groups is 1. The van der Waals surface area contributed by atoms with E-state index in [1.54, 1.807) is 7.11 Å². The number of ether oxygens (including phenoxy) is 1. The predicted octanol–water partition coefficient (Wildman–Crippen LogP) is 4.35. The molecule has 37 heavy (non-hydrogen) atoms. The maximum atomic E-state index is 14.0. The Morgan fingerprint density at radius 1 is 1.00 bits per heavy atom. The maximum Gasteiger partial charge on any atom is 0.325 e. The van der Waals surface area contributed by atoms with Gasteiger partial charge in [0.05, 0.1) is 19.2 Å². The summed E-state index contributed by atoms with van der Waals surface area (Å²) >= 11 is 0. The van der Waals surface area contributed by atoms with Crippen LogP contribution in [-0.4, -0.2) is 67.7 Å². The first-order valence-electron chi connectivity index (χ1n) is 14.1. The number of amides is 2. The van der Waals surface area contributed by atoms with Crippen molar-refractivity contribution in [3.8, 4) is 5.75 Å². The topological polar surface area (TPSA) is 60.1 Å². The van der Waals surface area contributed by atoms with Crippen molar-refractivity contribution in [2.75, 3.05) is 51.3 Å². The number of benzene rings is 2. The smallest absolute Gasteiger partial charge is 0.325 e. The van der Waals surface area contributed by atoms with Crippen molar-refractivity contribution >= 4 is 11.7 Å². The third-order valence-corrected chi connectivity index (χ3v) is 9.24. The molecule has 3 heterocycles. The summed E-state index contributed by atoms with van der Waals surface area (Å²) < 4.78 is 5.47. The van der Waals surface area contributed by atoms with Crippen LogP contribution in [0.4, 0.5) is 10.5 Å². The van der Waals surface area contributed by atoms with Crippen LogP contribution < -0.4 is 20.5 Å². The zero-order valence-corrected chi connectivity index (χ0v) is 22.1. The van der Waals surface area contributed by atoms with Gasteiger partial charge in [0, 0.05) is 50.9 Å². The number of urea groups is 1. The van der Waals surface area contributed by atoms with Gasteiger partial charge < -0.3 is 14.5 Å². The Bertz CT molecular complexity index is 1070. The second-order valence-corrected chi connectivity index (χ2v) is 11.5. The Morgan fingerprint density at radius 3 is 2.43 bits per heavy atom. The van der Waals surface area contributed by atoms with Gasteiger partial charge in [0.15, 0.2) is 0 Å². The lowest BCUT2D eigenvalue weighted by Crippen LogP contribution is -2.54. The van der Waals surface area contributed by atoms with E-state index in [9.17, 15) is 4.79 Å². The van der Waals surface area contributed by atoms with Gasteiger partial charge >= 0.3 is 6.03 Å². The molecule has 1 aliphatic carbocycles. The van der Waals surface area contributed by atoms with E-state index < -0.39 is 0 Å². The number of hydrazine groups is 1. The molecule has 1 saturated carbocycles. The Morgan fingerprint density at radius 2 is 1.73 bits per heavy atom. The van der Waals surface area contributed by atoms with Crippen LogP contribution >= 0.6 is 0 Å². The molecule has 0 atom stereocenters. The fourth-order valence-corrected chi connectivity index (χ4v) is 6.95. The molecule has 0 aromatic heterocycles. The fourth-order valence-electron chi connectivity index (χ4n) is 6.95. The molecule has 3 saturated heterocycles. The maximum absolute atomic E-state index is 14.0. The van der Waals surface area contributed by atoms with Gasteiger partial charge in [0.1, 0.15) is 5.75 Å². The van der Waals surface area contributed by atoms with Gasteiger partial charge in [-0.25, -0.2) is 4.79 Å². The fraction of sp³-hybridized carbons (Fsp3) is 0.567. The molecule has 2 N–H and O–H groups in total. The van der Waals surface area contributed by atoms with E-state index >= 15 is 0 Å². The highest BCUT2D eigenvalue weighted by Gasteiger charge is 2.51. The molecular formula is C30H41N5O2. The minimum atomic E-state index is -0.135. The third-order valence-electron chi connectivity index (χ3n) is 9.24. The summed E-state index contributed by atoms with van der Waals surface area (Å²) in [5, 5.41) is 0. The van der Waals surface area contributed by atoms with E-state index in [0.717, 1.165) is 68.5 Å². The van der Waals surface area contributed by atoms with Gasteiger partial charge in [-0.3, -0.25) is 15.8 Å². The third kappa shape index (κ3) is 5.09. The number of carbonyl (C=O) groups excluding carboxylic acids is 1. The summed E-state index contributed by atoms with van der Waals surface area (Å²) in [6.07, 6.45) is 7.63. The van der Waals surface area contributed by atoms with E-state index in [1.165, 1.54) is 37.8 Å². The van der Waals surface area contributed by atoms with E-state index in [4.69, 9.17) is 4.74 Å². The standard InChI is InChI=1S/C30H41N5O2/c1-37-28-8-4-7-24(17-28)21-35-29(36)34(27-11-9-25(10-12-27)26-18-31-32-19-26)22-30(35)13-15-33(16-14-30)20-23-5-2-3-6-23/h4,7-12,17,23,26,31-32H,2-3,5-6,13-16,18-22H2,1H3. The van der Waals surface area contributed by atoms with Crippen LogP contribution in [0.2, 0.25) is 0 Å². The van der Waals surface area contributed by atoms with Gasteiger partial charge in [-0.2, -0.15) is 0 Å². The van der Waals surface area contributed by atoms with Crippen molar-refractivity contribution in [3.05, 3.63) is 59.7 Å². The van der Waals surface area contributed by atoms with E-state index in [-0.39, 0.29) is 11.6 Å². The minimum absolute atomic E-state index is 0.129. The number of nitrogens with zero attached hydrogens (tertiary/aromatic N) is 3. The molecule has 0 bridgehead atoms. The second-order valence-electron chi connectivity index (χ2n) is 11.5. The summed E-state index contributed by atoms with van der Waals surface area (Å²) in [7, 11) is 1.70. The highest BCUT2D eigenvalue weighted by Crippen LogP contribution is 2.40. The zero-order chi connectivity index (χ0) is 25.2. The lowest BCUT2D eigenvalue weighted by Gasteiger charge is -2.44. The number of hydrogen-bond acceptors (Lipinski definition) is 5. The number of methoxy groups -OCH3 is 1. The number of hydrogen-bond donors (Lipinski definition) is 2. The highest BCUT2D eigenvalue weighted by atomic mass is 16.5. The molecule has 4 fully saturated rings. The number of likely N-dealkylation sites (tertiary alicyclic amines) is 1. The summed E-state index contributed by atoms with van der Waals surface area (Å²) in [6.45, 7) is 6.65. The van der Waals surface area contributed by atoms with Gasteiger partial charge in [-0.1, -0.05) is 37.1 Å². The first-order valence-corrected chi connectivity index (χ1v) is 14.1. The van der Waals surface area contributed by atoms with Crippen molar-refractivity contribution < 1.29 is 9.53 Å². The van der Waals surface area contributed by atoms with Crippen molar-refractivity contribution in [1.82, 2.24) is 20.7 Å². The Labute approximate surface area is 221 Å². The Balaban J connectivity index is 1.22. The monoisotopic (exact) mass is 503 g/mol. The summed E-state index contributed by atoms with van der Waals surface area (Å²) in [5.74, 6) is 2.18. The molecule has 0 radical (unpaired) electrons. The molecule has 2 aromatic rings. The Hall–Kier alpha value is -2.61. The van der Waals surface area contributed by atoms with E-state index in [0.29, 0.717) is 12.5 Å². The number of rotatable bonds is 7. The lowest BCUT2D eigenvalue weighted by atomic mass is 9.85. The number of nitrogens with one attached hydrogen (secondary N) is 2. The predicted molar refractivity (Wildman–Crippen MR) is 147 cm³/mol. The molecule has 198 valence electrons. The van der Waals surface area contributed by atoms with Crippen LogP contribution in [0.25, 0.3) is 0 Å². The molecule has 7 nitrogen and oxygen atoms in total. The summed E-state index contributed by atoms with van der Waals surface area (Å²) in [5.41, 5.74) is 9.74. The molecular weight excluding hydrogens is 462 g/mol. The number of piperidine rings is 1. The van der Waals surface area contributed by atoms with Gasteiger partial charge in [0.2, 0.25) is 0 Å². The molecule has 4 aliphatic rings. The van der Waals surface area contributed by atoms with Crippen LogP contribution in [-0.2, 0) is 6.54 Å². The Kier molecular flexibility index (Phi) is 7.10. The average Bonchev–Trinajstić information content (AvgIpc) is 3.70. The summed E-state index contributed by atoms with van der Waals surface area (Å²) in [4.78, 5) is 20.9. The molecule has 3 aliphatic heterocycles. The SMILES string of the molecule is COc1cccc(CN2C(=O)N(c3ccc(C4CNNC4)cc3)CC23CCN(CC2CCCC2)CC3)c1. The molecule has 1 spiro atoms. The normalized spacial score (nSPS) is 23.0. The second kappa shape index (κ2) is 10.6. The van der Waals surface area contributed by atoms with Gasteiger partial charge in [-0.15, -0.1) is 0 Å². The van der Waals surface area contributed by atoms with Crippen LogP contribution in [0.15, 0.2) is 48.5 Å². The van der Waals surface area contributed by atoms with Crippen LogP contribution in [0.5, 0.6) is 5.75 Å². The van der Waals surface area contributed by atoms with Crippen molar-refractivity contribution in [3.63, 3.8) is 0 Å². The lowest BCUT2D eigenvalue weighted by molar-refractivity contribution is 0.0654. The average molecular weight is 504 g/mol. The van der Waals surface area contributed by atoms with E-state index in [2.05, 4.69) is 57.0 Å². The van der Waals surface area contributed by atoms with Crippen molar-refractivity contribution in [1.29, 1.82) is 0 Å². The quantitative estimate of drug-likeness (QED) is 0.588. The van der Waals surface area contributed by atoms with Gasteiger partial charge in [-0.05, 0) is 67.0 Å². The van der Waals surface area contributed by atoms with Gasteiger partial charge in [0.25, 0.3) is 0 Å². The molecule has 2 aromatic carbocycles. The largest absolute Gasteiger partial charge is 0.497 e. The van der Waals surface area contributed by atoms with Crippen LogP contribution in [0, 0.1) is 5.92 Å². The molecule has 0 unspecified atom stereocenters. The molecule has 6 rings (SSSR count). The van der Waals surface area contributed by atoms with Crippen molar-refractivity contribution in [2.24, 2.45) is 5.92 Å². The minimum Gasteiger partial charge on any atom is -0.497 e. The first-order chi connectivity index (χ1) is 18.1. The first kappa shape index (κ1) is 24.7. The zero-order valence-electron chi connectivity index (χ0n) is 22.1.